The third kappa shape index (κ3) is 5.85. The van der Waals surface area contributed by atoms with E-state index in [1.807, 2.05) is 30.3 Å². The Bertz CT molecular complexity index is 852. The van der Waals surface area contributed by atoms with Gasteiger partial charge in [0, 0.05) is 65.0 Å². The van der Waals surface area contributed by atoms with E-state index in [4.69, 9.17) is 0 Å². The summed E-state index contributed by atoms with van der Waals surface area (Å²) in [5.41, 5.74) is 1.40. The summed E-state index contributed by atoms with van der Waals surface area (Å²) < 4.78 is 0. The average molecular weight is 409 g/mol. The quantitative estimate of drug-likeness (QED) is 0.687. The van der Waals surface area contributed by atoms with Crippen molar-refractivity contribution in [1.29, 1.82) is 0 Å². The Kier molecular flexibility index (Phi) is 7.48. The molecule has 1 saturated heterocycles. The molecule has 0 spiro atoms. The number of piperazine rings is 1. The normalized spacial score (nSPS) is 13.8. The molecule has 0 unspecified atom stereocenters. The monoisotopic (exact) mass is 409 g/mol. The van der Waals surface area contributed by atoms with Crippen molar-refractivity contribution in [3.05, 3.63) is 60.2 Å². The number of benzene rings is 1. The smallest absolute Gasteiger partial charge is 0.274 e. The molecule has 158 valence electrons. The van der Waals surface area contributed by atoms with Crippen LogP contribution in [0, 0.1) is 0 Å². The molecule has 1 fully saturated rings. The predicted octanol–water partition coefficient (Wildman–Crippen LogP) is 1.24. The predicted molar refractivity (Wildman–Crippen MR) is 112 cm³/mol. The Hall–Kier alpha value is -3.29. The Morgan fingerprint density at radius 3 is 2.30 bits per heavy atom. The van der Waals surface area contributed by atoms with Gasteiger partial charge in [0.1, 0.15) is 5.69 Å². The molecule has 0 radical (unpaired) electrons. The molecule has 8 heteroatoms. The number of rotatable bonds is 7. The number of amides is 3. The standard InChI is InChI=1S/C22H27N5O3/c1-18(28)25-13-15-26(16-14-25)21(29)8-12-27(11-7-19-5-3-2-4-6-19)22(30)20-17-23-9-10-24-20/h2-6,9-10,17H,7-8,11-16H2,1H3. The third-order valence-electron chi connectivity index (χ3n) is 5.26. The minimum absolute atomic E-state index is 0.00476. The van der Waals surface area contributed by atoms with E-state index in [9.17, 15) is 14.4 Å². The van der Waals surface area contributed by atoms with Crippen molar-refractivity contribution in [2.45, 2.75) is 19.8 Å². The summed E-state index contributed by atoms with van der Waals surface area (Å²) in [7, 11) is 0. The second-order valence-corrected chi connectivity index (χ2v) is 7.26. The van der Waals surface area contributed by atoms with Gasteiger partial charge in [0.15, 0.2) is 0 Å². The fourth-order valence-corrected chi connectivity index (χ4v) is 3.45. The van der Waals surface area contributed by atoms with Crippen LogP contribution >= 0.6 is 0 Å². The Morgan fingerprint density at radius 2 is 1.67 bits per heavy atom. The molecule has 1 aromatic carbocycles. The van der Waals surface area contributed by atoms with Crippen molar-refractivity contribution in [1.82, 2.24) is 24.7 Å². The summed E-state index contributed by atoms with van der Waals surface area (Å²) in [6.07, 6.45) is 5.39. The first-order chi connectivity index (χ1) is 14.5. The van der Waals surface area contributed by atoms with Gasteiger partial charge in [0.05, 0.1) is 6.20 Å². The van der Waals surface area contributed by atoms with Crippen molar-refractivity contribution in [3.8, 4) is 0 Å². The zero-order chi connectivity index (χ0) is 21.3. The van der Waals surface area contributed by atoms with Gasteiger partial charge >= 0.3 is 0 Å². The zero-order valence-corrected chi connectivity index (χ0v) is 17.2. The summed E-state index contributed by atoms with van der Waals surface area (Å²) in [6, 6.07) is 9.93. The molecule has 2 heterocycles. The minimum Gasteiger partial charge on any atom is -0.339 e. The van der Waals surface area contributed by atoms with Crippen LogP contribution in [-0.2, 0) is 16.0 Å². The SMILES string of the molecule is CC(=O)N1CCN(C(=O)CCN(CCc2ccccc2)C(=O)c2cnccn2)CC1. The molecule has 8 nitrogen and oxygen atoms in total. The van der Waals surface area contributed by atoms with Crippen LogP contribution < -0.4 is 0 Å². The molecule has 2 aromatic rings. The van der Waals surface area contributed by atoms with E-state index in [-0.39, 0.29) is 29.8 Å². The number of carbonyl (C=O) groups is 3. The van der Waals surface area contributed by atoms with Gasteiger partial charge in [-0.25, -0.2) is 4.98 Å². The summed E-state index contributed by atoms with van der Waals surface area (Å²) in [6.45, 7) is 4.51. The van der Waals surface area contributed by atoms with Crippen LogP contribution in [0.25, 0.3) is 0 Å². The van der Waals surface area contributed by atoms with Crippen molar-refractivity contribution in [2.24, 2.45) is 0 Å². The lowest BCUT2D eigenvalue weighted by Gasteiger charge is -2.34. The Balaban J connectivity index is 1.59. The summed E-state index contributed by atoms with van der Waals surface area (Å²) in [5, 5.41) is 0. The first-order valence-corrected chi connectivity index (χ1v) is 10.2. The maximum Gasteiger partial charge on any atom is 0.274 e. The molecular formula is C22H27N5O3. The molecule has 30 heavy (non-hydrogen) atoms. The van der Waals surface area contributed by atoms with Crippen LogP contribution in [0.4, 0.5) is 0 Å². The van der Waals surface area contributed by atoms with E-state index >= 15 is 0 Å². The maximum absolute atomic E-state index is 12.9. The molecule has 0 N–H and O–H groups in total. The first-order valence-electron chi connectivity index (χ1n) is 10.2. The largest absolute Gasteiger partial charge is 0.339 e. The maximum atomic E-state index is 12.9. The van der Waals surface area contributed by atoms with Crippen LogP contribution in [-0.4, -0.2) is 81.7 Å². The van der Waals surface area contributed by atoms with E-state index in [0.29, 0.717) is 45.7 Å². The van der Waals surface area contributed by atoms with E-state index in [0.717, 1.165) is 5.56 Å². The molecule has 1 aliphatic heterocycles. The van der Waals surface area contributed by atoms with Crippen molar-refractivity contribution >= 4 is 17.7 Å². The third-order valence-corrected chi connectivity index (χ3v) is 5.26. The number of aromatic nitrogens is 2. The van der Waals surface area contributed by atoms with Gasteiger partial charge in [-0.05, 0) is 12.0 Å². The molecule has 0 atom stereocenters. The van der Waals surface area contributed by atoms with E-state index in [1.165, 1.54) is 18.6 Å². The second kappa shape index (κ2) is 10.5. The molecule has 1 aromatic heterocycles. The van der Waals surface area contributed by atoms with Crippen LogP contribution in [0.3, 0.4) is 0 Å². The molecular weight excluding hydrogens is 382 g/mol. The Morgan fingerprint density at radius 1 is 0.967 bits per heavy atom. The fourth-order valence-electron chi connectivity index (χ4n) is 3.45. The second-order valence-electron chi connectivity index (χ2n) is 7.26. The Labute approximate surface area is 176 Å². The van der Waals surface area contributed by atoms with Gasteiger partial charge in [-0.15, -0.1) is 0 Å². The molecule has 0 aliphatic carbocycles. The van der Waals surface area contributed by atoms with Crippen LogP contribution in [0.15, 0.2) is 48.9 Å². The highest BCUT2D eigenvalue weighted by Crippen LogP contribution is 2.09. The molecule has 3 rings (SSSR count). The van der Waals surface area contributed by atoms with Crippen molar-refractivity contribution < 1.29 is 14.4 Å². The summed E-state index contributed by atoms with van der Waals surface area (Å²) >= 11 is 0. The fraction of sp³-hybridized carbons (Fsp3) is 0.409. The number of hydrogen-bond acceptors (Lipinski definition) is 5. The lowest BCUT2D eigenvalue weighted by atomic mass is 10.1. The van der Waals surface area contributed by atoms with Crippen LogP contribution in [0.2, 0.25) is 0 Å². The molecule has 1 aliphatic rings. The lowest BCUT2D eigenvalue weighted by molar-refractivity contribution is -0.138. The topological polar surface area (TPSA) is 86.7 Å². The van der Waals surface area contributed by atoms with Crippen molar-refractivity contribution in [3.63, 3.8) is 0 Å². The van der Waals surface area contributed by atoms with Gasteiger partial charge in [0.25, 0.3) is 5.91 Å². The van der Waals surface area contributed by atoms with Crippen LogP contribution in [0.5, 0.6) is 0 Å². The summed E-state index contributed by atoms with van der Waals surface area (Å²) in [4.78, 5) is 50.3. The van der Waals surface area contributed by atoms with Gasteiger partial charge in [-0.2, -0.15) is 0 Å². The minimum atomic E-state index is -0.228. The molecule has 3 amide bonds. The zero-order valence-electron chi connectivity index (χ0n) is 17.2. The summed E-state index contributed by atoms with van der Waals surface area (Å²) in [5.74, 6) is -0.202. The molecule has 0 saturated carbocycles. The van der Waals surface area contributed by atoms with Crippen molar-refractivity contribution in [2.75, 3.05) is 39.3 Å². The van der Waals surface area contributed by atoms with Crippen LogP contribution in [0.1, 0.15) is 29.4 Å². The number of nitrogens with zero attached hydrogens (tertiary/aromatic N) is 5. The van der Waals surface area contributed by atoms with Gasteiger partial charge in [-0.3, -0.25) is 19.4 Å². The van der Waals surface area contributed by atoms with Gasteiger partial charge < -0.3 is 14.7 Å². The lowest BCUT2D eigenvalue weighted by Crippen LogP contribution is -2.50. The highest BCUT2D eigenvalue weighted by atomic mass is 16.2. The first kappa shape index (κ1) is 21.4. The van der Waals surface area contributed by atoms with E-state index < -0.39 is 0 Å². The number of carbonyl (C=O) groups excluding carboxylic acids is 3. The average Bonchev–Trinajstić information content (AvgIpc) is 2.80. The highest BCUT2D eigenvalue weighted by molar-refractivity contribution is 5.92. The van der Waals surface area contributed by atoms with Gasteiger partial charge in [0.2, 0.25) is 11.8 Å². The highest BCUT2D eigenvalue weighted by Gasteiger charge is 2.24. The molecule has 0 bridgehead atoms. The van der Waals surface area contributed by atoms with E-state index in [2.05, 4.69) is 9.97 Å². The van der Waals surface area contributed by atoms with E-state index in [1.54, 1.807) is 21.6 Å². The van der Waals surface area contributed by atoms with Gasteiger partial charge in [-0.1, -0.05) is 30.3 Å². The number of hydrogen-bond donors (Lipinski definition) is 0.